The normalized spacial score (nSPS) is 22.8. The van der Waals surface area contributed by atoms with E-state index >= 15 is 0 Å². The number of rotatable bonds is 6. The molecule has 3 heteroatoms. The maximum Gasteiger partial charge on any atom is 0.127 e. The molecule has 1 aromatic carbocycles. The van der Waals surface area contributed by atoms with E-state index in [0.29, 0.717) is 5.92 Å². The zero-order chi connectivity index (χ0) is 13.0. The van der Waals surface area contributed by atoms with E-state index < -0.39 is 0 Å². The van der Waals surface area contributed by atoms with Crippen LogP contribution < -0.4 is 5.32 Å². The molecule has 1 N–H and O–H groups in total. The Morgan fingerprint density at radius 2 is 2.11 bits per heavy atom. The second-order valence-electron chi connectivity index (χ2n) is 5.24. The fourth-order valence-corrected chi connectivity index (χ4v) is 2.94. The van der Waals surface area contributed by atoms with Crippen molar-refractivity contribution in [3.63, 3.8) is 0 Å². The standard InChI is InChI=1S/C15H21BrFN/c1-2-7-18-10-13-4-3-11(13)8-12-5-6-14(16)9-15(12)17/h5-6,9,11,13,18H,2-4,7-8,10H2,1H3. The van der Waals surface area contributed by atoms with Gasteiger partial charge in [0.05, 0.1) is 0 Å². The van der Waals surface area contributed by atoms with Crippen LogP contribution in [0.3, 0.4) is 0 Å². The minimum absolute atomic E-state index is 0.0726. The monoisotopic (exact) mass is 313 g/mol. The molecule has 0 bridgehead atoms. The molecule has 2 rings (SSSR count). The van der Waals surface area contributed by atoms with Gasteiger partial charge in [0.15, 0.2) is 0 Å². The molecule has 0 radical (unpaired) electrons. The van der Waals surface area contributed by atoms with Crippen LogP contribution >= 0.6 is 15.9 Å². The Bertz CT molecular complexity index is 394. The third kappa shape index (κ3) is 3.55. The van der Waals surface area contributed by atoms with Crippen molar-refractivity contribution in [3.8, 4) is 0 Å². The van der Waals surface area contributed by atoms with Crippen LogP contribution in [-0.2, 0) is 6.42 Å². The highest BCUT2D eigenvalue weighted by atomic mass is 79.9. The van der Waals surface area contributed by atoms with Gasteiger partial charge >= 0.3 is 0 Å². The van der Waals surface area contributed by atoms with Crippen molar-refractivity contribution in [2.75, 3.05) is 13.1 Å². The molecule has 1 aromatic rings. The Morgan fingerprint density at radius 1 is 1.33 bits per heavy atom. The molecule has 1 saturated carbocycles. The van der Waals surface area contributed by atoms with E-state index in [4.69, 9.17) is 0 Å². The Labute approximate surface area is 117 Å². The minimum atomic E-state index is -0.0726. The first-order valence-electron chi connectivity index (χ1n) is 6.85. The molecule has 100 valence electrons. The Balaban J connectivity index is 1.85. The van der Waals surface area contributed by atoms with Gasteiger partial charge in [-0.05, 0) is 68.3 Å². The first-order valence-corrected chi connectivity index (χ1v) is 7.64. The van der Waals surface area contributed by atoms with E-state index in [9.17, 15) is 4.39 Å². The Morgan fingerprint density at radius 3 is 2.72 bits per heavy atom. The molecule has 1 aliphatic carbocycles. The van der Waals surface area contributed by atoms with Crippen molar-refractivity contribution in [1.82, 2.24) is 5.32 Å². The fraction of sp³-hybridized carbons (Fsp3) is 0.600. The second kappa shape index (κ2) is 6.67. The molecule has 0 amide bonds. The molecule has 18 heavy (non-hydrogen) atoms. The van der Waals surface area contributed by atoms with Crippen LogP contribution in [0, 0.1) is 17.7 Å². The van der Waals surface area contributed by atoms with Crippen LogP contribution in [0.4, 0.5) is 4.39 Å². The third-order valence-corrected chi connectivity index (χ3v) is 4.40. The number of halogens is 2. The van der Waals surface area contributed by atoms with E-state index in [1.54, 1.807) is 6.07 Å². The maximum absolute atomic E-state index is 13.8. The lowest BCUT2D eigenvalue weighted by Gasteiger charge is -2.37. The van der Waals surface area contributed by atoms with Crippen LogP contribution in [0.25, 0.3) is 0 Å². The molecule has 0 spiro atoms. The topological polar surface area (TPSA) is 12.0 Å². The summed E-state index contributed by atoms with van der Waals surface area (Å²) in [6.07, 6.45) is 4.60. The van der Waals surface area contributed by atoms with Gasteiger partial charge < -0.3 is 5.32 Å². The molecule has 2 atom stereocenters. The van der Waals surface area contributed by atoms with Gasteiger partial charge in [-0.25, -0.2) is 4.39 Å². The molecule has 0 heterocycles. The summed E-state index contributed by atoms with van der Waals surface area (Å²) in [5, 5.41) is 3.48. The van der Waals surface area contributed by atoms with Crippen LogP contribution in [0.5, 0.6) is 0 Å². The average molecular weight is 314 g/mol. The molecular weight excluding hydrogens is 293 g/mol. The maximum atomic E-state index is 13.8. The van der Waals surface area contributed by atoms with Gasteiger partial charge in [-0.2, -0.15) is 0 Å². The third-order valence-electron chi connectivity index (χ3n) is 3.91. The van der Waals surface area contributed by atoms with Gasteiger partial charge in [0, 0.05) is 4.47 Å². The van der Waals surface area contributed by atoms with Crippen molar-refractivity contribution < 1.29 is 4.39 Å². The Kier molecular flexibility index (Phi) is 5.19. The fourth-order valence-electron chi connectivity index (χ4n) is 2.61. The highest BCUT2D eigenvalue weighted by Crippen LogP contribution is 2.37. The molecule has 0 aliphatic heterocycles. The first kappa shape index (κ1) is 14.0. The molecule has 2 unspecified atom stereocenters. The average Bonchev–Trinajstić information content (AvgIpc) is 2.32. The van der Waals surface area contributed by atoms with Crippen molar-refractivity contribution in [1.29, 1.82) is 0 Å². The van der Waals surface area contributed by atoms with Gasteiger partial charge in [-0.3, -0.25) is 0 Å². The predicted octanol–water partition coefficient (Wildman–Crippen LogP) is 4.16. The molecule has 1 nitrogen and oxygen atoms in total. The lowest BCUT2D eigenvalue weighted by molar-refractivity contribution is 0.170. The summed E-state index contributed by atoms with van der Waals surface area (Å²) in [7, 11) is 0. The van der Waals surface area contributed by atoms with Crippen molar-refractivity contribution in [2.45, 2.75) is 32.6 Å². The summed E-state index contributed by atoms with van der Waals surface area (Å²) in [4.78, 5) is 0. The zero-order valence-electron chi connectivity index (χ0n) is 10.9. The highest BCUT2D eigenvalue weighted by molar-refractivity contribution is 9.10. The summed E-state index contributed by atoms with van der Waals surface area (Å²) >= 11 is 3.30. The van der Waals surface area contributed by atoms with E-state index in [2.05, 4.69) is 28.2 Å². The van der Waals surface area contributed by atoms with E-state index in [0.717, 1.165) is 35.5 Å². The van der Waals surface area contributed by atoms with Crippen LogP contribution in [0.2, 0.25) is 0 Å². The summed E-state index contributed by atoms with van der Waals surface area (Å²) in [6, 6.07) is 5.41. The van der Waals surface area contributed by atoms with Crippen LogP contribution in [0.1, 0.15) is 31.7 Å². The number of hydrogen-bond acceptors (Lipinski definition) is 1. The minimum Gasteiger partial charge on any atom is -0.316 e. The smallest absolute Gasteiger partial charge is 0.127 e. The van der Waals surface area contributed by atoms with Gasteiger partial charge in [0.2, 0.25) is 0 Å². The molecule has 0 aromatic heterocycles. The van der Waals surface area contributed by atoms with Crippen LogP contribution in [0.15, 0.2) is 22.7 Å². The lowest BCUT2D eigenvalue weighted by Crippen LogP contribution is -2.36. The SMILES string of the molecule is CCCNCC1CCC1Cc1ccc(Br)cc1F. The van der Waals surface area contributed by atoms with Crippen molar-refractivity contribution >= 4 is 15.9 Å². The van der Waals surface area contributed by atoms with Crippen molar-refractivity contribution in [2.24, 2.45) is 11.8 Å². The lowest BCUT2D eigenvalue weighted by atomic mass is 9.70. The van der Waals surface area contributed by atoms with Gasteiger partial charge in [-0.15, -0.1) is 0 Å². The Hall–Kier alpha value is -0.410. The van der Waals surface area contributed by atoms with Crippen molar-refractivity contribution in [3.05, 3.63) is 34.1 Å². The summed E-state index contributed by atoms with van der Waals surface area (Å²) in [6.45, 7) is 4.37. The van der Waals surface area contributed by atoms with Crippen LogP contribution in [-0.4, -0.2) is 13.1 Å². The molecule has 1 fully saturated rings. The molecule has 0 saturated heterocycles. The molecule has 1 aliphatic rings. The summed E-state index contributed by atoms with van der Waals surface area (Å²) in [5.74, 6) is 1.32. The second-order valence-corrected chi connectivity index (χ2v) is 6.16. The highest BCUT2D eigenvalue weighted by Gasteiger charge is 2.30. The van der Waals surface area contributed by atoms with Gasteiger partial charge in [-0.1, -0.05) is 28.9 Å². The number of benzene rings is 1. The molecular formula is C15H21BrFN. The van der Waals surface area contributed by atoms with Gasteiger partial charge in [0.25, 0.3) is 0 Å². The largest absolute Gasteiger partial charge is 0.316 e. The number of hydrogen-bond donors (Lipinski definition) is 1. The van der Waals surface area contributed by atoms with Gasteiger partial charge in [0.1, 0.15) is 5.82 Å². The van der Waals surface area contributed by atoms with E-state index in [-0.39, 0.29) is 5.82 Å². The quantitative estimate of drug-likeness (QED) is 0.778. The number of nitrogens with one attached hydrogen (secondary N) is 1. The summed E-state index contributed by atoms with van der Waals surface area (Å²) in [5.41, 5.74) is 0.864. The summed E-state index contributed by atoms with van der Waals surface area (Å²) < 4.78 is 14.6. The zero-order valence-corrected chi connectivity index (χ0v) is 12.5. The first-order chi connectivity index (χ1) is 8.70. The predicted molar refractivity (Wildman–Crippen MR) is 77.2 cm³/mol. The van der Waals surface area contributed by atoms with E-state index in [1.165, 1.54) is 19.3 Å². The van der Waals surface area contributed by atoms with E-state index in [1.807, 2.05) is 12.1 Å².